The molecule has 0 amide bonds. The van der Waals surface area contributed by atoms with Crippen molar-refractivity contribution in [2.45, 2.75) is 40.2 Å². The number of hydrogen-bond donors (Lipinski definition) is 1. The lowest BCUT2D eigenvalue weighted by atomic mass is 10.2. The number of aromatic nitrogens is 2. The largest absolute Gasteiger partial charge is 0.317 e. The first kappa shape index (κ1) is 12.2. The fourth-order valence-electron chi connectivity index (χ4n) is 1.60. The van der Waals surface area contributed by atoms with E-state index in [-0.39, 0.29) is 0 Å². The first-order valence-corrected chi connectivity index (χ1v) is 5.94. The summed E-state index contributed by atoms with van der Waals surface area (Å²) in [5, 5.41) is 7.68. The molecule has 3 heteroatoms. The maximum absolute atomic E-state index is 4.35. The van der Waals surface area contributed by atoms with Crippen molar-refractivity contribution in [3.63, 3.8) is 0 Å². The third-order valence-corrected chi connectivity index (χ3v) is 2.31. The van der Waals surface area contributed by atoms with E-state index in [2.05, 4.69) is 37.4 Å². The van der Waals surface area contributed by atoms with E-state index in [1.165, 1.54) is 12.0 Å². The van der Waals surface area contributed by atoms with Gasteiger partial charge in [-0.2, -0.15) is 5.10 Å². The zero-order valence-electron chi connectivity index (χ0n) is 10.2. The van der Waals surface area contributed by atoms with Crippen LogP contribution >= 0.6 is 0 Å². The molecule has 0 saturated carbocycles. The highest BCUT2D eigenvalue weighted by Crippen LogP contribution is 2.04. The van der Waals surface area contributed by atoms with Gasteiger partial charge in [0.05, 0.1) is 6.20 Å². The molecule has 0 aromatic carbocycles. The molecule has 1 aromatic rings. The predicted molar refractivity (Wildman–Crippen MR) is 63.9 cm³/mol. The van der Waals surface area contributed by atoms with E-state index in [4.69, 9.17) is 0 Å². The van der Waals surface area contributed by atoms with E-state index in [1.54, 1.807) is 0 Å². The van der Waals surface area contributed by atoms with Gasteiger partial charge in [0.15, 0.2) is 0 Å². The smallest absolute Gasteiger partial charge is 0.0521 e. The predicted octanol–water partition coefficient (Wildman–Crippen LogP) is 2.08. The molecular formula is C12H23N3. The summed E-state index contributed by atoms with van der Waals surface area (Å²) in [4.78, 5) is 0. The average molecular weight is 209 g/mol. The highest BCUT2D eigenvalue weighted by molar-refractivity contribution is 5.03. The Hall–Kier alpha value is -0.830. The normalized spacial score (nSPS) is 11.2. The molecule has 1 N–H and O–H groups in total. The highest BCUT2D eigenvalue weighted by atomic mass is 15.3. The number of aryl methyl sites for hydroxylation is 1. The summed E-state index contributed by atoms with van der Waals surface area (Å²) in [6.07, 6.45) is 6.49. The third-order valence-electron chi connectivity index (χ3n) is 2.31. The standard InChI is InChI=1S/C12H23N3/c1-4-13-7-5-6-12-8-14-15(10-12)9-11(2)3/h8,10-11,13H,4-7,9H2,1-3H3. The van der Waals surface area contributed by atoms with Crippen molar-refractivity contribution in [3.05, 3.63) is 18.0 Å². The van der Waals surface area contributed by atoms with Crippen LogP contribution in [0.2, 0.25) is 0 Å². The van der Waals surface area contributed by atoms with Crippen molar-refractivity contribution in [1.82, 2.24) is 15.1 Å². The molecule has 1 rings (SSSR count). The van der Waals surface area contributed by atoms with Crippen molar-refractivity contribution < 1.29 is 0 Å². The molecule has 0 saturated heterocycles. The van der Waals surface area contributed by atoms with Crippen molar-refractivity contribution in [3.8, 4) is 0 Å². The molecule has 0 spiro atoms. The zero-order chi connectivity index (χ0) is 11.1. The Morgan fingerprint density at radius 1 is 1.47 bits per heavy atom. The minimum absolute atomic E-state index is 0.666. The minimum Gasteiger partial charge on any atom is -0.317 e. The Bertz CT molecular complexity index is 266. The summed E-state index contributed by atoms with van der Waals surface area (Å²) >= 11 is 0. The van der Waals surface area contributed by atoms with Crippen molar-refractivity contribution >= 4 is 0 Å². The van der Waals surface area contributed by atoms with Crippen LogP contribution in [0.25, 0.3) is 0 Å². The minimum atomic E-state index is 0.666. The molecule has 86 valence electrons. The topological polar surface area (TPSA) is 29.9 Å². The molecule has 0 aliphatic heterocycles. The van der Waals surface area contributed by atoms with Crippen LogP contribution < -0.4 is 5.32 Å². The molecule has 0 radical (unpaired) electrons. The van der Waals surface area contributed by atoms with Crippen molar-refractivity contribution in [2.24, 2.45) is 5.92 Å². The van der Waals surface area contributed by atoms with E-state index in [1.807, 2.05) is 10.9 Å². The molecule has 0 bridgehead atoms. The molecule has 0 atom stereocenters. The monoisotopic (exact) mass is 209 g/mol. The molecule has 0 unspecified atom stereocenters. The SMILES string of the molecule is CCNCCCc1cnn(CC(C)C)c1. The van der Waals surface area contributed by atoms with Gasteiger partial charge in [-0.05, 0) is 37.4 Å². The quantitative estimate of drug-likeness (QED) is 0.697. The van der Waals surface area contributed by atoms with Gasteiger partial charge < -0.3 is 5.32 Å². The van der Waals surface area contributed by atoms with Crippen molar-refractivity contribution in [2.75, 3.05) is 13.1 Å². The molecule has 0 fully saturated rings. The van der Waals surface area contributed by atoms with Gasteiger partial charge in [-0.1, -0.05) is 20.8 Å². The molecule has 0 aliphatic carbocycles. The summed E-state index contributed by atoms with van der Waals surface area (Å²) in [6.45, 7) is 9.76. The van der Waals surface area contributed by atoms with E-state index < -0.39 is 0 Å². The van der Waals surface area contributed by atoms with E-state index >= 15 is 0 Å². The van der Waals surface area contributed by atoms with Gasteiger partial charge in [0, 0.05) is 12.7 Å². The second-order valence-corrected chi connectivity index (χ2v) is 4.42. The molecule has 0 aliphatic rings. The summed E-state index contributed by atoms with van der Waals surface area (Å²) in [5.74, 6) is 0.666. The zero-order valence-corrected chi connectivity index (χ0v) is 10.2. The van der Waals surface area contributed by atoms with Crippen LogP contribution in [0, 0.1) is 5.92 Å². The summed E-state index contributed by atoms with van der Waals surface area (Å²) in [5.41, 5.74) is 1.36. The van der Waals surface area contributed by atoms with Crippen LogP contribution in [0.4, 0.5) is 0 Å². The van der Waals surface area contributed by atoms with Crippen LogP contribution in [0.3, 0.4) is 0 Å². The Morgan fingerprint density at radius 3 is 2.93 bits per heavy atom. The van der Waals surface area contributed by atoms with Gasteiger partial charge in [0.1, 0.15) is 0 Å². The van der Waals surface area contributed by atoms with Crippen LogP contribution in [0.1, 0.15) is 32.8 Å². The van der Waals surface area contributed by atoms with Gasteiger partial charge in [-0.25, -0.2) is 0 Å². The second-order valence-electron chi connectivity index (χ2n) is 4.42. The Morgan fingerprint density at radius 2 is 2.27 bits per heavy atom. The first-order valence-electron chi connectivity index (χ1n) is 5.94. The van der Waals surface area contributed by atoms with Gasteiger partial charge in [0.2, 0.25) is 0 Å². The lowest BCUT2D eigenvalue weighted by Gasteiger charge is -2.03. The molecule has 15 heavy (non-hydrogen) atoms. The van der Waals surface area contributed by atoms with Crippen LogP contribution in [0.15, 0.2) is 12.4 Å². The van der Waals surface area contributed by atoms with Crippen molar-refractivity contribution in [1.29, 1.82) is 0 Å². The third kappa shape index (κ3) is 4.98. The highest BCUT2D eigenvalue weighted by Gasteiger charge is 2.00. The summed E-state index contributed by atoms with van der Waals surface area (Å²) < 4.78 is 2.05. The lowest BCUT2D eigenvalue weighted by Crippen LogP contribution is -2.14. The molecule has 1 heterocycles. The molecular weight excluding hydrogens is 186 g/mol. The van der Waals surface area contributed by atoms with Crippen LogP contribution in [-0.4, -0.2) is 22.9 Å². The first-order chi connectivity index (χ1) is 7.22. The van der Waals surface area contributed by atoms with E-state index in [0.717, 1.165) is 26.1 Å². The average Bonchev–Trinajstić information content (AvgIpc) is 2.59. The number of nitrogens with zero attached hydrogens (tertiary/aromatic N) is 2. The van der Waals surface area contributed by atoms with Gasteiger partial charge in [0.25, 0.3) is 0 Å². The van der Waals surface area contributed by atoms with E-state index in [0.29, 0.717) is 5.92 Å². The number of nitrogens with one attached hydrogen (secondary N) is 1. The van der Waals surface area contributed by atoms with Gasteiger partial charge in [-0.15, -0.1) is 0 Å². The molecule has 3 nitrogen and oxygen atoms in total. The maximum atomic E-state index is 4.35. The molecule has 1 aromatic heterocycles. The fourth-order valence-corrected chi connectivity index (χ4v) is 1.60. The van der Waals surface area contributed by atoms with Gasteiger partial charge >= 0.3 is 0 Å². The fraction of sp³-hybridized carbons (Fsp3) is 0.750. The Balaban J connectivity index is 2.26. The van der Waals surface area contributed by atoms with Gasteiger partial charge in [-0.3, -0.25) is 4.68 Å². The van der Waals surface area contributed by atoms with E-state index in [9.17, 15) is 0 Å². The second kappa shape index (κ2) is 6.62. The number of rotatable bonds is 7. The Kier molecular flexibility index (Phi) is 5.40. The van der Waals surface area contributed by atoms with Crippen LogP contribution in [-0.2, 0) is 13.0 Å². The lowest BCUT2D eigenvalue weighted by molar-refractivity contribution is 0.483. The summed E-state index contributed by atoms with van der Waals surface area (Å²) in [6, 6.07) is 0. The maximum Gasteiger partial charge on any atom is 0.0521 e. The summed E-state index contributed by atoms with van der Waals surface area (Å²) in [7, 11) is 0. The Labute approximate surface area is 92.9 Å². The number of hydrogen-bond acceptors (Lipinski definition) is 2. The van der Waals surface area contributed by atoms with Crippen LogP contribution in [0.5, 0.6) is 0 Å².